The molecular formula is C35H41N7O2. The van der Waals surface area contributed by atoms with E-state index < -0.39 is 0 Å². The van der Waals surface area contributed by atoms with Crippen molar-refractivity contribution in [3.05, 3.63) is 77.6 Å². The van der Waals surface area contributed by atoms with Crippen molar-refractivity contribution in [3.63, 3.8) is 0 Å². The smallest absolute Gasteiger partial charge is 0.270 e. The lowest BCUT2D eigenvalue weighted by atomic mass is 9.97. The Balaban J connectivity index is 1.34. The van der Waals surface area contributed by atoms with Crippen molar-refractivity contribution in [2.75, 3.05) is 49.1 Å². The number of pyridine rings is 1. The molecule has 3 aliphatic heterocycles. The predicted octanol–water partition coefficient (Wildman–Crippen LogP) is 4.09. The van der Waals surface area contributed by atoms with Crippen LogP contribution in [0, 0.1) is 18.3 Å². The topological polar surface area (TPSA) is 105 Å². The number of fused-ring (bicyclic) bond motifs is 2. The second-order valence-corrected chi connectivity index (χ2v) is 12.1. The summed E-state index contributed by atoms with van der Waals surface area (Å²) in [7, 11) is 0. The number of nitrogens with one attached hydrogen (secondary N) is 2. The first-order valence-corrected chi connectivity index (χ1v) is 15.8. The Morgan fingerprint density at radius 2 is 1.98 bits per heavy atom. The third kappa shape index (κ3) is 6.00. The Kier molecular flexibility index (Phi) is 8.80. The highest BCUT2D eigenvalue weighted by Gasteiger charge is 2.33. The number of piperidine rings is 1. The van der Waals surface area contributed by atoms with Gasteiger partial charge in [-0.1, -0.05) is 43.3 Å². The number of anilines is 2. The molecule has 3 aliphatic rings. The molecule has 1 aromatic heterocycles. The average molecular weight is 592 g/mol. The van der Waals surface area contributed by atoms with Crippen LogP contribution in [0.25, 0.3) is 10.8 Å². The van der Waals surface area contributed by atoms with Crippen LogP contribution < -0.4 is 20.4 Å². The zero-order valence-electron chi connectivity index (χ0n) is 25.5. The van der Waals surface area contributed by atoms with Crippen molar-refractivity contribution in [1.29, 1.82) is 5.26 Å². The molecule has 0 aliphatic carbocycles. The number of carbonyl (C=O) groups is 2. The Bertz CT molecular complexity index is 1600. The fraction of sp³-hybridized carbons (Fsp3) is 0.429. The van der Waals surface area contributed by atoms with Crippen LogP contribution in [0.2, 0.25) is 0 Å². The molecule has 2 atom stereocenters. The standard InChI is InChI=1S/C35H41N7O2/c1-3-33(43)42-19-18-41(22-27(42)13-15-36)32-20-29(35(44)38-21-26-11-4-5-16-37-26)39-30-23-40(17-14-28(30)32)31-12-7-10-25-9-6-8-24(2)34(25)31/h3,6-10,12,20,26-27,37H,1,4-5,11,13-14,16-19,21-23H2,2H3,(H,38,44)/t26-,27-/m0/s1. The lowest BCUT2D eigenvalue weighted by molar-refractivity contribution is -0.128. The van der Waals surface area contributed by atoms with Crippen LogP contribution >= 0.6 is 0 Å². The van der Waals surface area contributed by atoms with E-state index in [1.807, 2.05) is 6.07 Å². The van der Waals surface area contributed by atoms with E-state index in [4.69, 9.17) is 4.98 Å². The third-order valence-electron chi connectivity index (χ3n) is 9.35. The van der Waals surface area contributed by atoms with Gasteiger partial charge in [-0.3, -0.25) is 9.59 Å². The van der Waals surface area contributed by atoms with Gasteiger partial charge in [-0.05, 0) is 61.9 Å². The maximum atomic E-state index is 13.6. The molecule has 2 N–H and O–H groups in total. The molecule has 9 heteroatoms. The lowest BCUT2D eigenvalue weighted by Crippen LogP contribution is -2.55. The highest BCUT2D eigenvalue weighted by atomic mass is 16.2. The molecule has 0 unspecified atom stereocenters. The zero-order valence-corrected chi connectivity index (χ0v) is 25.5. The number of nitrogens with zero attached hydrogens (tertiary/aromatic N) is 5. The quantitative estimate of drug-likeness (QED) is 0.399. The van der Waals surface area contributed by atoms with Crippen LogP contribution in [0.5, 0.6) is 0 Å². The van der Waals surface area contributed by atoms with Crippen molar-refractivity contribution < 1.29 is 9.59 Å². The molecule has 228 valence electrons. The zero-order chi connectivity index (χ0) is 30.6. The number of hydrogen-bond acceptors (Lipinski definition) is 7. The number of piperazine rings is 1. The highest BCUT2D eigenvalue weighted by molar-refractivity contribution is 5.97. The number of benzene rings is 2. The van der Waals surface area contributed by atoms with Gasteiger partial charge in [0.1, 0.15) is 5.69 Å². The van der Waals surface area contributed by atoms with Gasteiger partial charge in [0.25, 0.3) is 5.91 Å². The van der Waals surface area contributed by atoms with Crippen LogP contribution in [0.15, 0.2) is 55.1 Å². The van der Waals surface area contributed by atoms with E-state index in [1.54, 1.807) is 4.90 Å². The van der Waals surface area contributed by atoms with E-state index in [0.29, 0.717) is 38.4 Å². The first-order chi connectivity index (χ1) is 21.5. The normalized spacial score (nSPS) is 20.1. The largest absolute Gasteiger partial charge is 0.367 e. The molecule has 0 saturated carbocycles. The molecule has 2 amide bonds. The number of hydrogen-bond donors (Lipinski definition) is 2. The van der Waals surface area contributed by atoms with Crippen LogP contribution in [-0.2, 0) is 17.8 Å². The number of amides is 2. The lowest BCUT2D eigenvalue weighted by Gasteiger charge is -2.43. The number of nitriles is 1. The van der Waals surface area contributed by atoms with E-state index >= 15 is 0 Å². The summed E-state index contributed by atoms with van der Waals surface area (Å²) in [6.45, 7) is 10.4. The maximum Gasteiger partial charge on any atom is 0.270 e. The highest BCUT2D eigenvalue weighted by Crippen LogP contribution is 2.36. The Labute approximate surface area is 259 Å². The van der Waals surface area contributed by atoms with Crippen LogP contribution in [-0.4, -0.2) is 73.1 Å². The third-order valence-corrected chi connectivity index (χ3v) is 9.35. The molecule has 2 fully saturated rings. The summed E-state index contributed by atoms with van der Waals surface area (Å²) < 4.78 is 0. The summed E-state index contributed by atoms with van der Waals surface area (Å²) in [5.74, 6) is -0.326. The molecule has 0 radical (unpaired) electrons. The van der Waals surface area contributed by atoms with Gasteiger partial charge in [0.15, 0.2) is 0 Å². The number of rotatable bonds is 7. The van der Waals surface area contributed by atoms with Crippen LogP contribution in [0.1, 0.15) is 53.0 Å². The van der Waals surface area contributed by atoms with E-state index in [0.717, 1.165) is 42.9 Å². The Morgan fingerprint density at radius 1 is 1.14 bits per heavy atom. The summed E-state index contributed by atoms with van der Waals surface area (Å²) in [4.78, 5) is 37.5. The molecule has 9 nitrogen and oxygen atoms in total. The van der Waals surface area contributed by atoms with Crippen molar-refractivity contribution in [2.45, 2.75) is 57.7 Å². The van der Waals surface area contributed by atoms with E-state index in [2.05, 4.69) is 76.4 Å². The molecule has 6 rings (SSSR count). The minimum atomic E-state index is -0.253. The fourth-order valence-corrected chi connectivity index (χ4v) is 7.06. The van der Waals surface area contributed by atoms with Gasteiger partial charge in [0, 0.05) is 61.1 Å². The fourth-order valence-electron chi connectivity index (χ4n) is 7.06. The molecule has 0 spiro atoms. The SMILES string of the molecule is C=CC(=O)N1CCN(c2cc(C(=O)NC[C@@H]3CCCCN3)nc3c2CCN(c2cccc4cccc(C)c24)C3)C[C@@H]1CC#N. The Hall–Kier alpha value is -4.42. The van der Waals surface area contributed by atoms with Gasteiger partial charge in [0.05, 0.1) is 30.8 Å². The number of aromatic nitrogens is 1. The van der Waals surface area contributed by atoms with Crippen molar-refractivity contribution in [2.24, 2.45) is 0 Å². The monoisotopic (exact) mass is 591 g/mol. The van der Waals surface area contributed by atoms with Crippen LogP contribution in [0.4, 0.5) is 11.4 Å². The summed E-state index contributed by atoms with van der Waals surface area (Å²) in [6, 6.07) is 17.0. The molecule has 3 aromatic rings. The summed E-state index contributed by atoms with van der Waals surface area (Å²) in [6.07, 6.45) is 5.73. The van der Waals surface area contributed by atoms with Crippen molar-refractivity contribution in [3.8, 4) is 6.07 Å². The van der Waals surface area contributed by atoms with Gasteiger partial charge in [0.2, 0.25) is 5.91 Å². The van der Waals surface area contributed by atoms with Gasteiger partial charge in [-0.2, -0.15) is 5.26 Å². The summed E-state index contributed by atoms with van der Waals surface area (Å²) in [5.41, 5.74) is 5.85. The van der Waals surface area contributed by atoms with Crippen molar-refractivity contribution in [1.82, 2.24) is 20.5 Å². The predicted molar refractivity (Wildman–Crippen MR) is 174 cm³/mol. The van der Waals surface area contributed by atoms with E-state index in [1.165, 1.54) is 40.9 Å². The second-order valence-electron chi connectivity index (χ2n) is 12.1. The number of carbonyl (C=O) groups excluding carboxylic acids is 2. The summed E-state index contributed by atoms with van der Waals surface area (Å²) in [5, 5.41) is 18.6. The number of aryl methyl sites for hydroxylation is 1. The minimum Gasteiger partial charge on any atom is -0.367 e. The molecular weight excluding hydrogens is 550 g/mol. The van der Waals surface area contributed by atoms with E-state index in [-0.39, 0.29) is 30.3 Å². The molecule has 0 bridgehead atoms. The van der Waals surface area contributed by atoms with E-state index in [9.17, 15) is 14.9 Å². The first kappa shape index (κ1) is 29.6. The molecule has 44 heavy (non-hydrogen) atoms. The molecule has 2 saturated heterocycles. The van der Waals surface area contributed by atoms with Gasteiger partial charge in [-0.15, -0.1) is 0 Å². The molecule has 4 heterocycles. The second kappa shape index (κ2) is 13.1. The molecule has 2 aromatic carbocycles. The maximum absolute atomic E-state index is 13.6. The van der Waals surface area contributed by atoms with Crippen LogP contribution in [0.3, 0.4) is 0 Å². The van der Waals surface area contributed by atoms with Crippen molar-refractivity contribution >= 4 is 34.0 Å². The van der Waals surface area contributed by atoms with Gasteiger partial charge < -0.3 is 25.3 Å². The average Bonchev–Trinajstić information content (AvgIpc) is 3.06. The van der Waals surface area contributed by atoms with Gasteiger partial charge >= 0.3 is 0 Å². The minimum absolute atomic E-state index is 0.154. The Morgan fingerprint density at radius 3 is 2.75 bits per heavy atom. The first-order valence-electron chi connectivity index (χ1n) is 15.8. The van der Waals surface area contributed by atoms with Gasteiger partial charge in [-0.25, -0.2) is 4.98 Å². The summed E-state index contributed by atoms with van der Waals surface area (Å²) >= 11 is 0.